The van der Waals surface area contributed by atoms with Gasteiger partial charge in [-0.05, 0) is 49.7 Å². The molecule has 0 amide bonds. The molecule has 1 atom stereocenters. The van der Waals surface area contributed by atoms with Crippen molar-refractivity contribution in [1.82, 2.24) is 10.6 Å². The summed E-state index contributed by atoms with van der Waals surface area (Å²) in [5.74, 6) is -0.825. The average molecular weight is 318 g/mol. The van der Waals surface area contributed by atoms with Gasteiger partial charge in [0.25, 0.3) is 0 Å². The van der Waals surface area contributed by atoms with E-state index in [1.165, 1.54) is 14.0 Å². The summed E-state index contributed by atoms with van der Waals surface area (Å²) >= 11 is 5.15. The van der Waals surface area contributed by atoms with Gasteiger partial charge in [-0.15, -0.1) is 0 Å². The smallest absolute Gasteiger partial charge is 0.355 e. The minimum Gasteiger partial charge on any atom is -0.464 e. The van der Waals surface area contributed by atoms with E-state index in [0.29, 0.717) is 5.57 Å². The molecule has 2 rings (SSSR count). The molecule has 22 heavy (non-hydrogen) atoms. The van der Waals surface area contributed by atoms with Crippen LogP contribution >= 0.6 is 12.2 Å². The van der Waals surface area contributed by atoms with Crippen LogP contribution in [0, 0.1) is 13.8 Å². The van der Waals surface area contributed by atoms with E-state index in [9.17, 15) is 9.59 Å². The molecule has 1 aromatic carbocycles. The average Bonchev–Trinajstić information content (AvgIpc) is 2.47. The molecule has 0 saturated carbocycles. The van der Waals surface area contributed by atoms with E-state index in [1.54, 1.807) is 0 Å². The van der Waals surface area contributed by atoms with Gasteiger partial charge in [0.15, 0.2) is 10.9 Å². The van der Waals surface area contributed by atoms with Crippen LogP contribution in [0.2, 0.25) is 0 Å². The van der Waals surface area contributed by atoms with Crippen LogP contribution < -0.4 is 10.6 Å². The van der Waals surface area contributed by atoms with Crippen LogP contribution in [0.1, 0.15) is 29.7 Å². The van der Waals surface area contributed by atoms with Crippen molar-refractivity contribution >= 4 is 29.1 Å². The Morgan fingerprint density at radius 1 is 1.23 bits per heavy atom. The number of Topliss-reactive ketones (excluding diaryl/α,β-unsaturated/α-hetero) is 1. The van der Waals surface area contributed by atoms with E-state index in [4.69, 9.17) is 17.0 Å². The molecule has 0 saturated heterocycles. The molecule has 1 aliphatic heterocycles. The van der Waals surface area contributed by atoms with E-state index in [-0.39, 0.29) is 16.6 Å². The number of esters is 1. The Hall–Kier alpha value is -2.21. The fourth-order valence-electron chi connectivity index (χ4n) is 2.40. The highest BCUT2D eigenvalue weighted by Crippen LogP contribution is 2.29. The molecule has 2 N–H and O–H groups in total. The zero-order chi connectivity index (χ0) is 16.4. The third kappa shape index (κ3) is 3.01. The van der Waals surface area contributed by atoms with Gasteiger partial charge in [-0.1, -0.05) is 18.2 Å². The normalized spacial score (nSPS) is 17.6. The van der Waals surface area contributed by atoms with E-state index < -0.39 is 12.0 Å². The second-order valence-electron chi connectivity index (χ2n) is 5.21. The topological polar surface area (TPSA) is 67.4 Å². The Morgan fingerprint density at radius 2 is 1.91 bits per heavy atom. The van der Waals surface area contributed by atoms with Gasteiger partial charge in [0.05, 0.1) is 18.7 Å². The van der Waals surface area contributed by atoms with Crippen LogP contribution in [0.15, 0.2) is 29.5 Å². The van der Waals surface area contributed by atoms with Crippen LogP contribution in [0.3, 0.4) is 0 Å². The Kier molecular flexibility index (Phi) is 4.61. The van der Waals surface area contributed by atoms with Crippen molar-refractivity contribution in [3.8, 4) is 0 Å². The number of aryl methyl sites for hydroxylation is 2. The Labute approximate surface area is 134 Å². The third-order valence-corrected chi connectivity index (χ3v) is 3.93. The van der Waals surface area contributed by atoms with Gasteiger partial charge in [0.1, 0.15) is 5.70 Å². The lowest BCUT2D eigenvalue weighted by Crippen LogP contribution is -2.47. The number of carbonyl (C=O) groups excluding carboxylic acids is 2. The van der Waals surface area contributed by atoms with Crippen molar-refractivity contribution in [1.29, 1.82) is 0 Å². The summed E-state index contributed by atoms with van der Waals surface area (Å²) in [6, 6.07) is 5.41. The van der Waals surface area contributed by atoms with Gasteiger partial charge in [-0.25, -0.2) is 4.79 Å². The number of ketones is 1. The molecule has 0 aromatic heterocycles. The van der Waals surface area contributed by atoms with Crippen molar-refractivity contribution in [3.05, 3.63) is 46.2 Å². The lowest BCUT2D eigenvalue weighted by Gasteiger charge is -2.30. The largest absolute Gasteiger partial charge is 0.464 e. The quantitative estimate of drug-likeness (QED) is 0.655. The van der Waals surface area contributed by atoms with E-state index >= 15 is 0 Å². The number of methoxy groups -OCH3 is 1. The lowest BCUT2D eigenvalue weighted by molar-refractivity contribution is -0.136. The van der Waals surface area contributed by atoms with E-state index in [0.717, 1.165) is 16.7 Å². The number of thiocarbonyl (C=S) groups is 1. The Morgan fingerprint density at radius 3 is 2.45 bits per heavy atom. The number of benzene rings is 1. The van der Waals surface area contributed by atoms with Crippen LogP contribution in [-0.4, -0.2) is 24.0 Å². The summed E-state index contributed by atoms with van der Waals surface area (Å²) in [6.07, 6.45) is 0. The maximum Gasteiger partial charge on any atom is 0.355 e. The Balaban J connectivity index is 2.60. The minimum absolute atomic E-state index is 0.0991. The van der Waals surface area contributed by atoms with Gasteiger partial charge in [0.2, 0.25) is 0 Å². The van der Waals surface area contributed by atoms with E-state index in [2.05, 4.69) is 10.6 Å². The van der Waals surface area contributed by atoms with Gasteiger partial charge in [0, 0.05) is 0 Å². The van der Waals surface area contributed by atoms with Gasteiger partial charge in [-0.2, -0.15) is 0 Å². The van der Waals surface area contributed by atoms with Crippen LogP contribution in [0.5, 0.6) is 0 Å². The van der Waals surface area contributed by atoms with Gasteiger partial charge >= 0.3 is 5.97 Å². The number of rotatable bonds is 3. The van der Waals surface area contributed by atoms with Crippen molar-refractivity contribution in [2.24, 2.45) is 0 Å². The van der Waals surface area contributed by atoms with Crippen molar-refractivity contribution < 1.29 is 14.3 Å². The van der Waals surface area contributed by atoms with Crippen LogP contribution in [0.4, 0.5) is 0 Å². The van der Waals surface area contributed by atoms with Crippen molar-refractivity contribution in [2.75, 3.05) is 7.11 Å². The van der Waals surface area contributed by atoms with Gasteiger partial charge < -0.3 is 15.4 Å². The first-order chi connectivity index (χ1) is 10.3. The molecule has 0 fully saturated rings. The fourth-order valence-corrected chi connectivity index (χ4v) is 2.62. The number of nitrogens with one attached hydrogen (secondary N) is 2. The highest BCUT2D eigenvalue weighted by molar-refractivity contribution is 7.80. The van der Waals surface area contributed by atoms with Crippen LogP contribution in [-0.2, 0) is 14.3 Å². The first kappa shape index (κ1) is 16.2. The van der Waals surface area contributed by atoms with Crippen molar-refractivity contribution in [3.63, 3.8) is 0 Å². The summed E-state index contributed by atoms with van der Waals surface area (Å²) in [7, 11) is 1.27. The van der Waals surface area contributed by atoms with E-state index in [1.807, 2.05) is 32.0 Å². The number of hydrogen-bond donors (Lipinski definition) is 2. The maximum absolute atomic E-state index is 12.1. The molecule has 116 valence electrons. The SMILES string of the molecule is COC(=O)C1=C(C(C)=O)[C@@H](c2ccc(C)c(C)c2)NC(=S)N1. The molecule has 0 bridgehead atoms. The predicted octanol–water partition coefficient (Wildman–Crippen LogP) is 1.84. The number of carbonyl (C=O) groups is 2. The lowest BCUT2D eigenvalue weighted by atomic mass is 9.91. The molecule has 6 heteroatoms. The van der Waals surface area contributed by atoms with Crippen LogP contribution in [0.25, 0.3) is 0 Å². The molecule has 0 spiro atoms. The zero-order valence-corrected chi connectivity index (χ0v) is 13.8. The fraction of sp³-hybridized carbons (Fsp3) is 0.312. The summed E-state index contributed by atoms with van der Waals surface area (Å²) < 4.78 is 4.75. The first-order valence-corrected chi connectivity index (χ1v) is 7.24. The number of ether oxygens (including phenoxy) is 1. The molecule has 0 unspecified atom stereocenters. The Bertz CT molecular complexity index is 695. The summed E-state index contributed by atoms with van der Waals surface area (Å²) in [5, 5.41) is 6.07. The molecule has 1 aliphatic rings. The second kappa shape index (κ2) is 6.27. The molecule has 0 aliphatic carbocycles. The second-order valence-corrected chi connectivity index (χ2v) is 5.62. The third-order valence-electron chi connectivity index (χ3n) is 3.71. The maximum atomic E-state index is 12.1. The molecular weight excluding hydrogens is 300 g/mol. The molecule has 5 nitrogen and oxygen atoms in total. The first-order valence-electron chi connectivity index (χ1n) is 6.83. The molecule has 1 aromatic rings. The van der Waals surface area contributed by atoms with Gasteiger partial charge in [-0.3, -0.25) is 4.79 Å². The summed E-state index contributed by atoms with van der Waals surface area (Å²) in [5.41, 5.74) is 3.55. The number of hydrogen-bond acceptors (Lipinski definition) is 4. The standard InChI is InChI=1S/C16H18N2O3S/c1-8-5-6-11(7-9(8)2)13-12(10(3)19)14(15(20)21-4)18-16(22)17-13/h5-7,13H,1-4H3,(H2,17,18,22)/t13-/m1/s1. The zero-order valence-electron chi connectivity index (χ0n) is 12.9. The highest BCUT2D eigenvalue weighted by atomic mass is 32.1. The molecule has 0 radical (unpaired) electrons. The summed E-state index contributed by atoms with van der Waals surface area (Å²) in [6.45, 7) is 5.43. The molecule has 1 heterocycles. The highest BCUT2D eigenvalue weighted by Gasteiger charge is 2.33. The van der Waals surface area contributed by atoms with Crippen molar-refractivity contribution in [2.45, 2.75) is 26.8 Å². The monoisotopic (exact) mass is 318 g/mol. The predicted molar refractivity (Wildman–Crippen MR) is 87.2 cm³/mol. The molecular formula is C16H18N2O3S. The summed E-state index contributed by atoms with van der Waals surface area (Å²) in [4.78, 5) is 24.0. The minimum atomic E-state index is -0.608.